The first-order valence-electron chi connectivity index (χ1n) is 5.24. The molecule has 0 aliphatic heterocycles. The van der Waals surface area contributed by atoms with Crippen molar-refractivity contribution < 1.29 is 0 Å². The molecular formula is C11H14N4O. The second kappa shape index (κ2) is 4.30. The fourth-order valence-electron chi connectivity index (χ4n) is 1.67. The number of aromatic nitrogens is 4. The van der Waals surface area contributed by atoms with Gasteiger partial charge >= 0.3 is 0 Å². The summed E-state index contributed by atoms with van der Waals surface area (Å²) in [6.07, 6.45) is 3.05. The molecule has 84 valence electrons. The van der Waals surface area contributed by atoms with Crippen LogP contribution in [-0.4, -0.2) is 19.3 Å². The Balaban J connectivity index is 2.34. The van der Waals surface area contributed by atoms with Gasteiger partial charge in [0.15, 0.2) is 0 Å². The summed E-state index contributed by atoms with van der Waals surface area (Å²) in [4.78, 5) is 15.5. The van der Waals surface area contributed by atoms with E-state index in [2.05, 4.69) is 10.1 Å². The quantitative estimate of drug-likeness (QED) is 0.766. The van der Waals surface area contributed by atoms with Crippen LogP contribution in [0.4, 0.5) is 0 Å². The van der Waals surface area contributed by atoms with Crippen LogP contribution in [0.15, 0.2) is 29.5 Å². The van der Waals surface area contributed by atoms with Crippen molar-refractivity contribution in [2.24, 2.45) is 0 Å². The molecular weight excluding hydrogens is 204 g/mol. The monoisotopic (exact) mass is 218 g/mol. The minimum Gasteiger partial charge on any atom is -0.293 e. The average molecular weight is 218 g/mol. The van der Waals surface area contributed by atoms with Gasteiger partial charge in [-0.05, 0) is 19.9 Å². The molecule has 0 radical (unpaired) electrons. The Morgan fingerprint density at radius 2 is 2.25 bits per heavy atom. The highest BCUT2D eigenvalue weighted by atomic mass is 16.1. The summed E-state index contributed by atoms with van der Waals surface area (Å²) in [6.45, 7) is 5.29. The van der Waals surface area contributed by atoms with E-state index >= 15 is 0 Å². The van der Waals surface area contributed by atoms with Crippen molar-refractivity contribution >= 4 is 0 Å². The van der Waals surface area contributed by atoms with Crippen LogP contribution >= 0.6 is 0 Å². The molecule has 0 aromatic carbocycles. The summed E-state index contributed by atoms with van der Waals surface area (Å²) in [5.41, 5.74) is 1.94. The highest BCUT2D eigenvalue weighted by molar-refractivity contribution is 5.09. The predicted molar refractivity (Wildman–Crippen MR) is 60.2 cm³/mol. The van der Waals surface area contributed by atoms with E-state index in [1.54, 1.807) is 10.9 Å². The molecule has 5 nitrogen and oxygen atoms in total. The van der Waals surface area contributed by atoms with Crippen LogP contribution in [0, 0.1) is 6.92 Å². The zero-order chi connectivity index (χ0) is 11.5. The van der Waals surface area contributed by atoms with Gasteiger partial charge in [0.2, 0.25) is 0 Å². The molecule has 0 saturated heterocycles. The van der Waals surface area contributed by atoms with Crippen LogP contribution in [0.3, 0.4) is 0 Å². The fourth-order valence-corrected chi connectivity index (χ4v) is 1.67. The molecule has 0 fully saturated rings. The van der Waals surface area contributed by atoms with Crippen LogP contribution in [0.25, 0.3) is 0 Å². The maximum Gasteiger partial charge on any atom is 0.253 e. The second-order valence-electron chi connectivity index (χ2n) is 3.64. The number of rotatable bonds is 3. The van der Waals surface area contributed by atoms with Gasteiger partial charge in [0.25, 0.3) is 5.56 Å². The maximum absolute atomic E-state index is 11.5. The van der Waals surface area contributed by atoms with E-state index in [9.17, 15) is 4.79 Å². The first-order chi connectivity index (χ1) is 7.70. The van der Waals surface area contributed by atoms with E-state index in [4.69, 9.17) is 0 Å². The molecule has 2 rings (SSSR count). The van der Waals surface area contributed by atoms with E-state index in [1.165, 1.54) is 12.3 Å². The van der Waals surface area contributed by atoms with Gasteiger partial charge in [-0.2, -0.15) is 5.10 Å². The van der Waals surface area contributed by atoms with Crippen LogP contribution < -0.4 is 5.56 Å². The molecule has 0 atom stereocenters. The number of aryl methyl sites for hydroxylation is 2. The van der Waals surface area contributed by atoms with Gasteiger partial charge in [0, 0.05) is 18.8 Å². The van der Waals surface area contributed by atoms with E-state index in [-0.39, 0.29) is 5.56 Å². The van der Waals surface area contributed by atoms with Gasteiger partial charge in [-0.3, -0.25) is 14.0 Å². The maximum atomic E-state index is 11.5. The smallest absolute Gasteiger partial charge is 0.253 e. The van der Waals surface area contributed by atoms with Crippen LogP contribution in [0.5, 0.6) is 0 Å². The number of hydrogen-bond acceptors (Lipinski definition) is 3. The summed E-state index contributed by atoms with van der Waals surface area (Å²) in [5, 5.41) is 4.34. The van der Waals surface area contributed by atoms with Crippen LogP contribution in [-0.2, 0) is 13.1 Å². The summed E-state index contributed by atoms with van der Waals surface area (Å²) in [7, 11) is 0. The number of hydrogen-bond donors (Lipinski definition) is 0. The molecule has 2 heterocycles. The molecule has 0 saturated carbocycles. The third-order valence-corrected chi connectivity index (χ3v) is 2.41. The van der Waals surface area contributed by atoms with Crippen molar-refractivity contribution in [2.75, 3.05) is 0 Å². The highest BCUT2D eigenvalue weighted by Gasteiger charge is 2.05. The first kappa shape index (κ1) is 10.6. The second-order valence-corrected chi connectivity index (χ2v) is 3.64. The molecule has 16 heavy (non-hydrogen) atoms. The van der Waals surface area contributed by atoms with Crippen molar-refractivity contribution in [3.63, 3.8) is 0 Å². The minimum atomic E-state index is -0.0449. The van der Waals surface area contributed by atoms with E-state index in [0.29, 0.717) is 6.54 Å². The molecule has 0 N–H and O–H groups in total. The van der Waals surface area contributed by atoms with Gasteiger partial charge in [-0.15, -0.1) is 0 Å². The Hall–Kier alpha value is -1.91. The standard InChI is InChI=1S/C11H14N4O/c1-3-15-10(6-9(2)13-15)7-14-8-12-5-4-11(14)16/h4-6,8H,3,7H2,1-2H3. The molecule has 2 aromatic rings. The normalized spacial score (nSPS) is 10.6. The van der Waals surface area contributed by atoms with E-state index < -0.39 is 0 Å². The fraction of sp³-hybridized carbons (Fsp3) is 0.364. The average Bonchev–Trinajstić information content (AvgIpc) is 2.62. The lowest BCUT2D eigenvalue weighted by Crippen LogP contribution is -2.21. The first-order valence-corrected chi connectivity index (χ1v) is 5.24. The predicted octanol–water partition coefficient (Wildman–Crippen LogP) is 0.816. The van der Waals surface area contributed by atoms with Gasteiger partial charge in [-0.1, -0.05) is 0 Å². The minimum absolute atomic E-state index is 0.0449. The van der Waals surface area contributed by atoms with Crippen LogP contribution in [0.1, 0.15) is 18.3 Å². The lowest BCUT2D eigenvalue weighted by Gasteiger charge is -2.06. The summed E-state index contributed by atoms with van der Waals surface area (Å²) in [5.74, 6) is 0. The van der Waals surface area contributed by atoms with Gasteiger partial charge < -0.3 is 0 Å². The Morgan fingerprint density at radius 1 is 1.44 bits per heavy atom. The molecule has 0 amide bonds. The van der Waals surface area contributed by atoms with Crippen LogP contribution in [0.2, 0.25) is 0 Å². The molecule has 0 bridgehead atoms. The Labute approximate surface area is 93.4 Å². The highest BCUT2D eigenvalue weighted by Crippen LogP contribution is 2.04. The van der Waals surface area contributed by atoms with Gasteiger partial charge in [-0.25, -0.2) is 4.98 Å². The Bertz CT molecular complexity index is 541. The summed E-state index contributed by atoms with van der Waals surface area (Å²) < 4.78 is 3.47. The third kappa shape index (κ3) is 2.03. The summed E-state index contributed by atoms with van der Waals surface area (Å²) >= 11 is 0. The zero-order valence-corrected chi connectivity index (χ0v) is 9.42. The van der Waals surface area contributed by atoms with Gasteiger partial charge in [0.05, 0.1) is 24.3 Å². The molecule has 0 aliphatic carbocycles. The SMILES string of the molecule is CCn1nc(C)cc1Cn1cnccc1=O. The molecule has 0 aliphatic rings. The van der Waals surface area contributed by atoms with Crippen molar-refractivity contribution in [1.82, 2.24) is 19.3 Å². The van der Waals surface area contributed by atoms with Crippen molar-refractivity contribution in [3.8, 4) is 0 Å². The molecule has 5 heteroatoms. The number of nitrogens with zero attached hydrogens (tertiary/aromatic N) is 4. The Morgan fingerprint density at radius 3 is 2.94 bits per heavy atom. The largest absolute Gasteiger partial charge is 0.293 e. The van der Waals surface area contributed by atoms with E-state index in [1.807, 2.05) is 24.6 Å². The topological polar surface area (TPSA) is 52.7 Å². The molecule has 2 aromatic heterocycles. The van der Waals surface area contributed by atoms with E-state index in [0.717, 1.165) is 17.9 Å². The zero-order valence-electron chi connectivity index (χ0n) is 9.42. The van der Waals surface area contributed by atoms with Gasteiger partial charge in [0.1, 0.15) is 0 Å². The summed E-state index contributed by atoms with van der Waals surface area (Å²) in [6, 6.07) is 3.45. The molecule has 0 unspecified atom stereocenters. The van der Waals surface area contributed by atoms with Crippen molar-refractivity contribution in [2.45, 2.75) is 26.9 Å². The lowest BCUT2D eigenvalue weighted by molar-refractivity contribution is 0.588. The van der Waals surface area contributed by atoms with Crippen molar-refractivity contribution in [3.05, 3.63) is 46.4 Å². The third-order valence-electron chi connectivity index (χ3n) is 2.41. The Kier molecular flexibility index (Phi) is 2.85. The molecule has 0 spiro atoms. The van der Waals surface area contributed by atoms with Crippen molar-refractivity contribution in [1.29, 1.82) is 0 Å². The lowest BCUT2D eigenvalue weighted by atomic mass is 10.3.